The molecule has 0 spiro atoms. The van der Waals surface area contributed by atoms with Crippen molar-refractivity contribution < 1.29 is 19.1 Å². The summed E-state index contributed by atoms with van der Waals surface area (Å²) in [5.74, 6) is -0.434. The van der Waals surface area contributed by atoms with Crippen molar-refractivity contribution in [2.75, 3.05) is 32.7 Å². The Balaban J connectivity index is 1.49. The maximum Gasteiger partial charge on any atom is 0.227 e. The van der Waals surface area contributed by atoms with Crippen molar-refractivity contribution in [2.45, 2.75) is 57.1 Å². The minimum absolute atomic E-state index is 0.00555. The topological polar surface area (TPSA) is 72.9 Å². The predicted molar refractivity (Wildman–Crippen MR) is 109 cm³/mol. The van der Waals surface area contributed by atoms with Crippen molar-refractivity contribution in [3.63, 3.8) is 0 Å². The minimum Gasteiger partial charge on any atom is -0.388 e. The first-order valence-electron chi connectivity index (χ1n) is 10.6. The Morgan fingerprint density at radius 1 is 1.17 bits per heavy atom. The fourth-order valence-corrected chi connectivity index (χ4v) is 4.44. The molecule has 0 bridgehead atoms. The molecule has 2 aliphatic rings. The fraction of sp³-hybridized carbons (Fsp3) is 0.636. The highest BCUT2D eigenvalue weighted by molar-refractivity contribution is 5.78. The Labute approximate surface area is 172 Å². The van der Waals surface area contributed by atoms with E-state index in [0.29, 0.717) is 38.0 Å². The van der Waals surface area contributed by atoms with Crippen LogP contribution in [0.2, 0.25) is 0 Å². The van der Waals surface area contributed by atoms with Crippen LogP contribution in [0.3, 0.4) is 0 Å². The van der Waals surface area contributed by atoms with Crippen LogP contribution in [-0.2, 0) is 16.0 Å². The average molecular weight is 406 g/mol. The number of nitrogens with one attached hydrogen (secondary N) is 1. The fourth-order valence-electron chi connectivity index (χ4n) is 4.44. The van der Waals surface area contributed by atoms with Gasteiger partial charge < -0.3 is 20.2 Å². The van der Waals surface area contributed by atoms with Crippen molar-refractivity contribution in [3.05, 3.63) is 35.6 Å². The lowest BCUT2D eigenvalue weighted by Gasteiger charge is -2.38. The first-order chi connectivity index (χ1) is 13.8. The maximum absolute atomic E-state index is 13.8. The van der Waals surface area contributed by atoms with Crippen molar-refractivity contribution in [1.82, 2.24) is 15.1 Å². The molecular formula is C22H32FN3O3. The van der Waals surface area contributed by atoms with E-state index in [1.807, 2.05) is 0 Å². The van der Waals surface area contributed by atoms with Crippen LogP contribution in [0, 0.1) is 5.82 Å². The van der Waals surface area contributed by atoms with Crippen molar-refractivity contribution in [1.29, 1.82) is 0 Å². The number of carbonyl (C=O) groups excluding carboxylic acids is 2. The molecule has 2 aliphatic heterocycles. The van der Waals surface area contributed by atoms with Gasteiger partial charge in [0.05, 0.1) is 12.0 Å². The first kappa shape index (κ1) is 21.7. The third kappa shape index (κ3) is 6.24. The van der Waals surface area contributed by atoms with Gasteiger partial charge in [-0.2, -0.15) is 0 Å². The van der Waals surface area contributed by atoms with Crippen molar-refractivity contribution in [3.8, 4) is 0 Å². The molecule has 2 heterocycles. The highest BCUT2D eigenvalue weighted by Gasteiger charge is 2.34. The molecule has 1 atom stereocenters. The third-order valence-corrected chi connectivity index (χ3v) is 6.08. The van der Waals surface area contributed by atoms with Crippen LogP contribution in [0.4, 0.5) is 4.39 Å². The number of benzene rings is 1. The summed E-state index contributed by atoms with van der Waals surface area (Å²) in [7, 11) is 0. The molecule has 0 aliphatic carbocycles. The van der Waals surface area contributed by atoms with Gasteiger partial charge in [0, 0.05) is 45.7 Å². The van der Waals surface area contributed by atoms with Gasteiger partial charge in [-0.15, -0.1) is 0 Å². The number of likely N-dealkylation sites (tertiary alicyclic amines) is 2. The second kappa shape index (κ2) is 9.67. The molecule has 3 rings (SSSR count). The molecule has 160 valence electrons. The molecule has 0 unspecified atom stereocenters. The van der Waals surface area contributed by atoms with E-state index in [4.69, 9.17) is 0 Å². The highest BCUT2D eigenvalue weighted by atomic mass is 19.1. The molecule has 2 amide bonds. The van der Waals surface area contributed by atoms with Crippen LogP contribution in [0.25, 0.3) is 0 Å². The quantitative estimate of drug-likeness (QED) is 0.782. The van der Waals surface area contributed by atoms with Gasteiger partial charge in [0.2, 0.25) is 11.8 Å². The molecule has 7 heteroatoms. The summed E-state index contributed by atoms with van der Waals surface area (Å²) >= 11 is 0. The smallest absolute Gasteiger partial charge is 0.227 e. The summed E-state index contributed by atoms with van der Waals surface area (Å²) in [5, 5.41) is 14.1. The number of halogens is 1. The number of piperidine rings is 1. The van der Waals surface area contributed by atoms with Crippen LogP contribution in [0.5, 0.6) is 0 Å². The highest BCUT2D eigenvalue weighted by Crippen LogP contribution is 2.25. The zero-order valence-corrected chi connectivity index (χ0v) is 17.2. The monoisotopic (exact) mass is 405 g/mol. The van der Waals surface area contributed by atoms with Crippen LogP contribution in [0.15, 0.2) is 24.3 Å². The van der Waals surface area contributed by atoms with Gasteiger partial charge in [-0.05, 0) is 43.7 Å². The number of aliphatic hydroxyl groups is 1. The van der Waals surface area contributed by atoms with Crippen molar-refractivity contribution in [2.24, 2.45) is 0 Å². The van der Waals surface area contributed by atoms with Crippen LogP contribution < -0.4 is 5.32 Å². The molecule has 29 heavy (non-hydrogen) atoms. The molecule has 2 fully saturated rings. The van der Waals surface area contributed by atoms with E-state index >= 15 is 0 Å². The van der Waals surface area contributed by atoms with E-state index in [9.17, 15) is 19.1 Å². The normalized spacial score (nSPS) is 24.2. The predicted octanol–water partition coefficient (Wildman–Crippen LogP) is 1.71. The van der Waals surface area contributed by atoms with E-state index in [0.717, 1.165) is 32.4 Å². The Kier molecular flexibility index (Phi) is 7.24. The summed E-state index contributed by atoms with van der Waals surface area (Å²) < 4.78 is 13.8. The van der Waals surface area contributed by atoms with Gasteiger partial charge in [0.1, 0.15) is 5.82 Å². The third-order valence-electron chi connectivity index (χ3n) is 6.08. The number of hydrogen-bond acceptors (Lipinski definition) is 4. The average Bonchev–Trinajstić information content (AvgIpc) is 2.87. The Hall–Kier alpha value is -1.99. The maximum atomic E-state index is 13.8. The van der Waals surface area contributed by atoms with E-state index in [1.54, 1.807) is 30.0 Å². The molecular weight excluding hydrogens is 373 g/mol. The summed E-state index contributed by atoms with van der Waals surface area (Å²) in [6, 6.07) is 6.60. The van der Waals surface area contributed by atoms with Gasteiger partial charge in [-0.25, -0.2) is 4.39 Å². The number of amides is 2. The largest absolute Gasteiger partial charge is 0.388 e. The Morgan fingerprint density at radius 3 is 2.59 bits per heavy atom. The lowest BCUT2D eigenvalue weighted by molar-refractivity contribution is -0.130. The van der Waals surface area contributed by atoms with E-state index in [1.165, 1.54) is 6.07 Å². The van der Waals surface area contributed by atoms with Gasteiger partial charge in [0.25, 0.3) is 0 Å². The molecule has 0 radical (unpaired) electrons. The second-order valence-electron chi connectivity index (χ2n) is 8.48. The SMILES string of the molecule is CC(=O)NC1CCN(C[C@]2(O)CCCN(C(=O)Cc3ccccc3F)CC2)CC1. The number of carbonyl (C=O) groups is 2. The Morgan fingerprint density at radius 2 is 1.90 bits per heavy atom. The summed E-state index contributed by atoms with van der Waals surface area (Å²) in [5.41, 5.74) is -0.396. The number of β-amino-alcohol motifs (C(OH)–C–C–N with tert-alkyl or cyclic N) is 1. The first-order valence-corrected chi connectivity index (χ1v) is 10.6. The molecule has 6 nitrogen and oxygen atoms in total. The summed E-state index contributed by atoms with van der Waals surface area (Å²) in [6.45, 7) is 4.92. The standard InChI is InChI=1S/C22H32FN3O3/c1-17(27)24-19-7-12-25(13-8-19)16-22(29)9-4-11-26(14-10-22)21(28)15-18-5-2-3-6-20(18)23/h2-3,5-6,19,29H,4,7-16H2,1H3,(H,24,27)/t22-/m0/s1. The zero-order valence-electron chi connectivity index (χ0n) is 17.2. The molecule has 0 aromatic heterocycles. The minimum atomic E-state index is -0.812. The van der Waals surface area contributed by atoms with E-state index < -0.39 is 5.60 Å². The van der Waals surface area contributed by atoms with Crippen LogP contribution in [-0.4, -0.2) is 71.1 Å². The number of hydrogen-bond donors (Lipinski definition) is 2. The molecule has 0 saturated carbocycles. The second-order valence-corrected chi connectivity index (χ2v) is 8.48. The van der Waals surface area contributed by atoms with Crippen LogP contribution in [0.1, 0.15) is 44.6 Å². The van der Waals surface area contributed by atoms with Crippen molar-refractivity contribution >= 4 is 11.8 Å². The summed E-state index contributed by atoms with van der Waals surface area (Å²) in [6.07, 6.45) is 3.76. The lowest BCUT2D eigenvalue weighted by atomic mass is 9.93. The molecule has 2 saturated heterocycles. The summed E-state index contributed by atoms with van der Waals surface area (Å²) in [4.78, 5) is 27.8. The molecule has 1 aromatic carbocycles. The van der Waals surface area contributed by atoms with Gasteiger partial charge >= 0.3 is 0 Å². The Bertz CT molecular complexity index is 721. The lowest BCUT2D eigenvalue weighted by Crippen LogP contribution is -2.50. The van der Waals surface area contributed by atoms with Gasteiger partial charge in [-0.3, -0.25) is 9.59 Å². The zero-order chi connectivity index (χ0) is 20.9. The molecule has 1 aromatic rings. The van der Waals surface area contributed by atoms with E-state index in [2.05, 4.69) is 10.2 Å². The van der Waals surface area contributed by atoms with Crippen LogP contribution >= 0.6 is 0 Å². The van der Waals surface area contributed by atoms with E-state index in [-0.39, 0.29) is 30.1 Å². The van der Waals surface area contributed by atoms with Gasteiger partial charge in [0.15, 0.2) is 0 Å². The number of rotatable bonds is 5. The van der Waals surface area contributed by atoms with Gasteiger partial charge in [-0.1, -0.05) is 18.2 Å². The number of nitrogens with zero attached hydrogens (tertiary/aromatic N) is 2. The molecule has 2 N–H and O–H groups in total.